The first-order chi connectivity index (χ1) is 5.31. The maximum absolute atomic E-state index is 11.1. The molecule has 0 aromatic heterocycles. The Labute approximate surface area is 66.3 Å². The highest BCUT2D eigenvalue weighted by Gasteiger charge is 2.46. The molecule has 2 atom stereocenters. The number of rotatable bonds is 1. The van der Waals surface area contributed by atoms with Gasteiger partial charge in [-0.3, -0.25) is 0 Å². The van der Waals surface area contributed by atoms with Gasteiger partial charge in [0.25, 0.3) is 0 Å². The van der Waals surface area contributed by atoms with Crippen molar-refractivity contribution in [2.45, 2.75) is 13.3 Å². The van der Waals surface area contributed by atoms with Crippen molar-refractivity contribution >= 4 is 6.09 Å². The van der Waals surface area contributed by atoms with Gasteiger partial charge in [0.2, 0.25) is 0 Å². The molecule has 2 unspecified atom stereocenters. The fourth-order valence-corrected chi connectivity index (χ4v) is 1.76. The normalized spacial score (nSPS) is 33.4. The van der Waals surface area contributed by atoms with E-state index in [9.17, 15) is 4.79 Å². The Morgan fingerprint density at radius 1 is 1.55 bits per heavy atom. The molecule has 0 bridgehead atoms. The van der Waals surface area contributed by atoms with Crippen molar-refractivity contribution in [3.05, 3.63) is 0 Å². The lowest BCUT2D eigenvalue weighted by atomic mass is 10.4. The van der Waals surface area contributed by atoms with Gasteiger partial charge in [0, 0.05) is 13.1 Å². The summed E-state index contributed by atoms with van der Waals surface area (Å²) in [6.07, 6.45) is 1.20. The number of amides is 1. The summed E-state index contributed by atoms with van der Waals surface area (Å²) < 4.78 is 4.88. The maximum atomic E-state index is 11.1. The lowest BCUT2D eigenvalue weighted by Gasteiger charge is -2.16. The number of hydrogen-bond donors (Lipinski definition) is 0. The molecular weight excluding hydrogens is 142 g/mol. The van der Waals surface area contributed by atoms with E-state index < -0.39 is 0 Å². The van der Waals surface area contributed by atoms with E-state index in [2.05, 4.69) is 0 Å². The van der Waals surface area contributed by atoms with E-state index in [-0.39, 0.29) is 6.09 Å². The topological polar surface area (TPSA) is 29.5 Å². The second-order valence-electron chi connectivity index (χ2n) is 3.36. The molecule has 0 spiro atoms. The van der Waals surface area contributed by atoms with E-state index in [4.69, 9.17) is 4.74 Å². The molecule has 1 aliphatic carbocycles. The van der Waals surface area contributed by atoms with Gasteiger partial charge in [-0.25, -0.2) is 4.79 Å². The average Bonchev–Trinajstić information content (AvgIpc) is 2.59. The monoisotopic (exact) mass is 155 g/mol. The van der Waals surface area contributed by atoms with Crippen LogP contribution in [-0.2, 0) is 4.74 Å². The summed E-state index contributed by atoms with van der Waals surface area (Å²) in [7, 11) is 0. The second kappa shape index (κ2) is 2.40. The molecular formula is C8H13NO2. The van der Waals surface area contributed by atoms with Crippen molar-refractivity contribution in [1.29, 1.82) is 0 Å². The third-order valence-corrected chi connectivity index (χ3v) is 2.50. The number of piperidine rings is 1. The van der Waals surface area contributed by atoms with Crippen LogP contribution in [0.3, 0.4) is 0 Å². The molecule has 1 saturated heterocycles. The van der Waals surface area contributed by atoms with E-state index in [0.717, 1.165) is 24.9 Å². The van der Waals surface area contributed by atoms with Crippen molar-refractivity contribution in [2.24, 2.45) is 11.8 Å². The largest absolute Gasteiger partial charge is 0.450 e. The highest BCUT2D eigenvalue weighted by atomic mass is 16.6. The van der Waals surface area contributed by atoms with E-state index in [0.29, 0.717) is 6.61 Å². The smallest absolute Gasteiger partial charge is 0.409 e. The summed E-state index contributed by atoms with van der Waals surface area (Å²) in [4.78, 5) is 12.9. The quantitative estimate of drug-likeness (QED) is 0.567. The molecule has 62 valence electrons. The Kier molecular flexibility index (Phi) is 1.51. The predicted octanol–water partition coefficient (Wildman–Crippen LogP) is 1.09. The minimum atomic E-state index is -0.125. The highest BCUT2D eigenvalue weighted by molar-refractivity contribution is 5.68. The van der Waals surface area contributed by atoms with Crippen molar-refractivity contribution in [1.82, 2.24) is 4.90 Å². The van der Waals surface area contributed by atoms with Crippen LogP contribution in [-0.4, -0.2) is 30.7 Å². The Hall–Kier alpha value is -0.730. The van der Waals surface area contributed by atoms with Crippen molar-refractivity contribution in [3.63, 3.8) is 0 Å². The number of carbonyl (C=O) groups is 1. The van der Waals surface area contributed by atoms with Crippen molar-refractivity contribution < 1.29 is 9.53 Å². The zero-order valence-corrected chi connectivity index (χ0v) is 6.75. The van der Waals surface area contributed by atoms with Crippen molar-refractivity contribution in [3.8, 4) is 0 Å². The number of carbonyl (C=O) groups excluding carboxylic acids is 1. The number of fused-ring (bicyclic) bond motifs is 1. The Balaban J connectivity index is 1.82. The Morgan fingerprint density at radius 3 is 2.73 bits per heavy atom. The highest BCUT2D eigenvalue weighted by Crippen LogP contribution is 2.44. The molecule has 2 rings (SSSR count). The van der Waals surface area contributed by atoms with Crippen LogP contribution in [0.25, 0.3) is 0 Å². The lowest BCUT2D eigenvalue weighted by Crippen LogP contribution is -2.30. The van der Waals surface area contributed by atoms with Crippen LogP contribution in [0.5, 0.6) is 0 Å². The number of hydrogen-bond acceptors (Lipinski definition) is 2. The summed E-state index contributed by atoms with van der Waals surface area (Å²) in [6, 6.07) is 0. The summed E-state index contributed by atoms with van der Waals surface area (Å²) in [6.45, 7) is 4.20. The average molecular weight is 155 g/mol. The maximum Gasteiger partial charge on any atom is 0.409 e. The molecule has 3 heteroatoms. The predicted molar refractivity (Wildman–Crippen MR) is 40.2 cm³/mol. The van der Waals surface area contributed by atoms with Gasteiger partial charge >= 0.3 is 6.09 Å². The van der Waals surface area contributed by atoms with Crippen LogP contribution in [0, 0.1) is 11.8 Å². The van der Waals surface area contributed by atoms with Gasteiger partial charge in [0.1, 0.15) is 0 Å². The Bertz CT molecular complexity index is 171. The molecule has 2 fully saturated rings. The minimum Gasteiger partial charge on any atom is -0.450 e. The molecule has 2 aliphatic rings. The van der Waals surface area contributed by atoms with Crippen LogP contribution in [0.1, 0.15) is 13.3 Å². The van der Waals surface area contributed by atoms with Gasteiger partial charge in [0.05, 0.1) is 6.61 Å². The van der Waals surface area contributed by atoms with Gasteiger partial charge in [0.15, 0.2) is 0 Å². The summed E-state index contributed by atoms with van der Waals surface area (Å²) in [5.41, 5.74) is 0. The molecule has 0 radical (unpaired) electrons. The second-order valence-corrected chi connectivity index (χ2v) is 3.36. The molecule has 0 aromatic carbocycles. The first-order valence-electron chi connectivity index (χ1n) is 4.23. The van der Waals surface area contributed by atoms with E-state index >= 15 is 0 Å². The Morgan fingerprint density at radius 2 is 2.18 bits per heavy atom. The minimum absolute atomic E-state index is 0.125. The summed E-state index contributed by atoms with van der Waals surface area (Å²) in [5.74, 6) is 1.61. The SMILES string of the molecule is CCOC(=O)N1CC2CC2C1. The molecule has 1 amide bonds. The van der Waals surface area contributed by atoms with Gasteiger partial charge in [-0.15, -0.1) is 0 Å². The zero-order valence-electron chi connectivity index (χ0n) is 6.75. The van der Waals surface area contributed by atoms with Crippen LogP contribution in [0.15, 0.2) is 0 Å². The molecule has 1 heterocycles. The third kappa shape index (κ3) is 1.19. The first kappa shape index (κ1) is 6.95. The number of likely N-dealkylation sites (tertiary alicyclic amines) is 1. The lowest BCUT2D eigenvalue weighted by molar-refractivity contribution is 0.112. The van der Waals surface area contributed by atoms with Crippen molar-refractivity contribution in [2.75, 3.05) is 19.7 Å². The molecule has 1 saturated carbocycles. The first-order valence-corrected chi connectivity index (χ1v) is 4.23. The molecule has 0 aromatic rings. The fraction of sp³-hybridized carbons (Fsp3) is 0.875. The van der Waals surface area contributed by atoms with Crippen LogP contribution < -0.4 is 0 Å². The fourth-order valence-electron chi connectivity index (χ4n) is 1.76. The van der Waals surface area contributed by atoms with E-state index in [1.165, 1.54) is 6.42 Å². The molecule has 3 nitrogen and oxygen atoms in total. The third-order valence-electron chi connectivity index (χ3n) is 2.50. The molecule has 0 N–H and O–H groups in total. The van der Waals surface area contributed by atoms with Crippen LogP contribution in [0.4, 0.5) is 4.79 Å². The number of nitrogens with zero attached hydrogens (tertiary/aromatic N) is 1. The molecule has 1 aliphatic heterocycles. The standard InChI is InChI=1S/C8H13NO2/c1-2-11-8(10)9-4-6-3-7(6)5-9/h6-7H,2-5H2,1H3. The number of ether oxygens (including phenoxy) is 1. The summed E-state index contributed by atoms with van der Waals surface area (Å²) in [5, 5.41) is 0. The van der Waals surface area contributed by atoms with Gasteiger partial charge in [-0.1, -0.05) is 0 Å². The summed E-state index contributed by atoms with van der Waals surface area (Å²) >= 11 is 0. The zero-order chi connectivity index (χ0) is 7.84. The molecule has 11 heavy (non-hydrogen) atoms. The van der Waals surface area contributed by atoms with Gasteiger partial charge in [-0.2, -0.15) is 0 Å². The van der Waals surface area contributed by atoms with Crippen LogP contribution >= 0.6 is 0 Å². The van der Waals surface area contributed by atoms with Gasteiger partial charge < -0.3 is 9.64 Å². The van der Waals surface area contributed by atoms with Crippen LogP contribution in [0.2, 0.25) is 0 Å². The van der Waals surface area contributed by atoms with Gasteiger partial charge in [-0.05, 0) is 25.2 Å². The van der Waals surface area contributed by atoms with E-state index in [1.54, 1.807) is 0 Å². The van der Waals surface area contributed by atoms with E-state index in [1.807, 2.05) is 11.8 Å².